The third kappa shape index (κ3) is 2.66. The van der Waals surface area contributed by atoms with E-state index in [4.69, 9.17) is 0 Å². The molecule has 1 aliphatic rings. The minimum absolute atomic E-state index is 0.0141. The molecule has 0 bridgehead atoms. The first-order chi connectivity index (χ1) is 9.00. The normalized spacial score (nSPS) is 23.6. The lowest BCUT2D eigenvalue weighted by molar-refractivity contribution is -0.143. The van der Waals surface area contributed by atoms with Crippen LogP contribution in [0.4, 0.5) is 26.3 Å². The van der Waals surface area contributed by atoms with Gasteiger partial charge in [0.05, 0.1) is 11.1 Å². The standard InChI is InChI=1S/C13H10F6O/c1-6-10(5-11(6)20)7-2-8(12(14,15)16)4-9(3-7)13(17,18)19/h2-4,6,10H,5H2,1H3. The van der Waals surface area contributed by atoms with Gasteiger partial charge >= 0.3 is 12.4 Å². The molecular weight excluding hydrogens is 286 g/mol. The van der Waals surface area contributed by atoms with Crippen molar-refractivity contribution in [2.24, 2.45) is 5.92 Å². The van der Waals surface area contributed by atoms with Crippen molar-refractivity contribution in [1.29, 1.82) is 0 Å². The number of carbonyl (C=O) groups excluding carboxylic acids is 1. The van der Waals surface area contributed by atoms with Crippen molar-refractivity contribution < 1.29 is 31.1 Å². The number of benzene rings is 1. The zero-order valence-electron chi connectivity index (χ0n) is 10.3. The molecule has 1 saturated carbocycles. The third-order valence-corrected chi connectivity index (χ3v) is 3.57. The molecule has 0 aromatic heterocycles. The largest absolute Gasteiger partial charge is 0.416 e. The lowest BCUT2D eigenvalue weighted by Crippen LogP contribution is -2.33. The fourth-order valence-corrected chi connectivity index (χ4v) is 2.24. The van der Waals surface area contributed by atoms with E-state index in [2.05, 4.69) is 0 Å². The zero-order chi connectivity index (χ0) is 15.3. The lowest BCUT2D eigenvalue weighted by Gasteiger charge is -2.33. The Morgan fingerprint density at radius 1 is 0.950 bits per heavy atom. The molecule has 0 aliphatic heterocycles. The van der Waals surface area contributed by atoms with Crippen LogP contribution < -0.4 is 0 Å². The SMILES string of the molecule is CC1C(=O)CC1c1cc(C(F)(F)F)cc(C(F)(F)F)c1. The van der Waals surface area contributed by atoms with Gasteiger partial charge in [-0.25, -0.2) is 0 Å². The maximum atomic E-state index is 12.7. The van der Waals surface area contributed by atoms with Crippen LogP contribution >= 0.6 is 0 Å². The number of Topliss-reactive ketones (excluding diaryl/α,β-unsaturated/α-hetero) is 1. The van der Waals surface area contributed by atoms with Crippen molar-refractivity contribution in [1.82, 2.24) is 0 Å². The Morgan fingerprint density at radius 2 is 1.40 bits per heavy atom. The smallest absolute Gasteiger partial charge is 0.299 e. The third-order valence-electron chi connectivity index (χ3n) is 3.57. The average Bonchev–Trinajstić information content (AvgIpc) is 2.32. The van der Waals surface area contributed by atoms with Crippen LogP contribution in [0.15, 0.2) is 18.2 Å². The lowest BCUT2D eigenvalue weighted by atomic mass is 9.69. The van der Waals surface area contributed by atoms with E-state index in [-0.39, 0.29) is 23.8 Å². The summed E-state index contributed by atoms with van der Waals surface area (Å²) < 4.78 is 76.0. The van der Waals surface area contributed by atoms with Gasteiger partial charge < -0.3 is 0 Å². The molecule has 110 valence electrons. The van der Waals surface area contributed by atoms with Gasteiger partial charge in [-0.1, -0.05) is 6.92 Å². The molecule has 20 heavy (non-hydrogen) atoms. The molecule has 0 heterocycles. The molecule has 2 unspecified atom stereocenters. The Morgan fingerprint density at radius 3 is 1.70 bits per heavy atom. The monoisotopic (exact) mass is 296 g/mol. The van der Waals surface area contributed by atoms with Crippen LogP contribution in [0, 0.1) is 5.92 Å². The molecule has 0 spiro atoms. The number of hydrogen-bond donors (Lipinski definition) is 0. The molecule has 1 aromatic rings. The van der Waals surface area contributed by atoms with Crippen LogP contribution in [-0.4, -0.2) is 5.78 Å². The van der Waals surface area contributed by atoms with E-state index >= 15 is 0 Å². The van der Waals surface area contributed by atoms with E-state index in [1.165, 1.54) is 6.92 Å². The van der Waals surface area contributed by atoms with Crippen LogP contribution in [-0.2, 0) is 17.1 Å². The molecule has 0 saturated heterocycles. The number of hydrogen-bond acceptors (Lipinski definition) is 1. The van der Waals surface area contributed by atoms with Gasteiger partial charge in [0.15, 0.2) is 0 Å². The van der Waals surface area contributed by atoms with Gasteiger partial charge in [0.25, 0.3) is 0 Å². The van der Waals surface area contributed by atoms with Gasteiger partial charge in [0, 0.05) is 18.3 Å². The Hall–Kier alpha value is -1.53. The van der Waals surface area contributed by atoms with Crippen LogP contribution in [0.1, 0.15) is 36.0 Å². The van der Waals surface area contributed by atoms with E-state index in [1.807, 2.05) is 0 Å². The predicted octanol–water partition coefficient (Wildman–Crippen LogP) is 4.42. The first kappa shape index (κ1) is 14.9. The highest BCUT2D eigenvalue weighted by Gasteiger charge is 2.41. The van der Waals surface area contributed by atoms with Crippen molar-refractivity contribution in [3.05, 3.63) is 34.9 Å². The summed E-state index contributed by atoms with van der Waals surface area (Å²) in [5, 5.41) is 0. The van der Waals surface area contributed by atoms with E-state index in [9.17, 15) is 31.1 Å². The van der Waals surface area contributed by atoms with E-state index in [1.54, 1.807) is 0 Å². The maximum Gasteiger partial charge on any atom is 0.416 e. The molecule has 0 amide bonds. The van der Waals surface area contributed by atoms with Gasteiger partial charge in [-0.15, -0.1) is 0 Å². The molecular formula is C13H10F6O. The maximum absolute atomic E-state index is 12.7. The van der Waals surface area contributed by atoms with Gasteiger partial charge in [-0.2, -0.15) is 26.3 Å². The van der Waals surface area contributed by atoms with Crippen molar-refractivity contribution in [3.8, 4) is 0 Å². The molecule has 1 nitrogen and oxygen atoms in total. The second kappa shape index (κ2) is 4.49. The van der Waals surface area contributed by atoms with Crippen LogP contribution in [0.5, 0.6) is 0 Å². The number of carbonyl (C=O) groups is 1. The van der Waals surface area contributed by atoms with Crippen LogP contribution in [0.2, 0.25) is 0 Å². The first-order valence-electron chi connectivity index (χ1n) is 5.82. The quantitative estimate of drug-likeness (QED) is 0.701. The summed E-state index contributed by atoms with van der Waals surface area (Å²) in [6.45, 7) is 1.50. The summed E-state index contributed by atoms with van der Waals surface area (Å²) >= 11 is 0. The minimum atomic E-state index is -4.85. The van der Waals surface area contributed by atoms with Crippen LogP contribution in [0.25, 0.3) is 0 Å². The summed E-state index contributed by atoms with van der Waals surface area (Å²) in [5.74, 6) is -1.27. The molecule has 7 heteroatoms. The highest BCUT2D eigenvalue weighted by atomic mass is 19.4. The number of alkyl halides is 6. The summed E-state index contributed by atoms with van der Waals surface area (Å²) in [6.07, 6.45) is -9.72. The topological polar surface area (TPSA) is 17.1 Å². The second-order valence-corrected chi connectivity index (χ2v) is 4.90. The number of halogens is 6. The Bertz CT molecular complexity index is 511. The van der Waals surface area contributed by atoms with Gasteiger partial charge in [0.1, 0.15) is 5.78 Å². The van der Waals surface area contributed by atoms with E-state index in [0.29, 0.717) is 12.1 Å². The predicted molar refractivity (Wildman–Crippen MR) is 58.0 cm³/mol. The molecule has 1 fully saturated rings. The molecule has 2 atom stereocenters. The number of ketones is 1. The summed E-state index contributed by atoms with van der Waals surface area (Å²) in [5.41, 5.74) is -2.76. The number of rotatable bonds is 1. The van der Waals surface area contributed by atoms with Crippen molar-refractivity contribution in [2.45, 2.75) is 31.6 Å². The first-order valence-corrected chi connectivity index (χ1v) is 5.82. The van der Waals surface area contributed by atoms with E-state index in [0.717, 1.165) is 0 Å². The highest BCUT2D eigenvalue weighted by Crippen LogP contribution is 2.43. The van der Waals surface area contributed by atoms with Crippen molar-refractivity contribution >= 4 is 5.78 Å². The molecule has 1 aliphatic carbocycles. The fourth-order valence-electron chi connectivity index (χ4n) is 2.24. The average molecular weight is 296 g/mol. The van der Waals surface area contributed by atoms with Gasteiger partial charge in [0.2, 0.25) is 0 Å². The highest BCUT2D eigenvalue weighted by molar-refractivity contribution is 5.89. The summed E-state index contributed by atoms with van der Waals surface area (Å²) in [4.78, 5) is 11.1. The fraction of sp³-hybridized carbons (Fsp3) is 0.462. The zero-order valence-corrected chi connectivity index (χ0v) is 10.3. The second-order valence-electron chi connectivity index (χ2n) is 4.90. The van der Waals surface area contributed by atoms with E-state index < -0.39 is 35.3 Å². The molecule has 2 rings (SSSR count). The van der Waals surface area contributed by atoms with Crippen molar-refractivity contribution in [3.63, 3.8) is 0 Å². The van der Waals surface area contributed by atoms with Crippen molar-refractivity contribution in [2.75, 3.05) is 0 Å². The Kier molecular flexibility index (Phi) is 3.34. The molecule has 0 N–H and O–H groups in total. The summed E-state index contributed by atoms with van der Waals surface area (Å²) in [7, 11) is 0. The Balaban J connectivity index is 2.50. The summed E-state index contributed by atoms with van der Waals surface area (Å²) in [6, 6.07) is 1.49. The Labute approximate surface area is 110 Å². The molecule has 0 radical (unpaired) electrons. The minimum Gasteiger partial charge on any atom is -0.299 e. The van der Waals surface area contributed by atoms with Crippen LogP contribution in [0.3, 0.4) is 0 Å². The molecule has 1 aromatic carbocycles. The van der Waals surface area contributed by atoms with Gasteiger partial charge in [-0.3, -0.25) is 4.79 Å². The van der Waals surface area contributed by atoms with Gasteiger partial charge in [-0.05, 0) is 23.8 Å².